The molecule has 0 aromatic heterocycles. The van der Waals surface area contributed by atoms with E-state index in [0.29, 0.717) is 6.54 Å². The van der Waals surface area contributed by atoms with Gasteiger partial charge in [0.1, 0.15) is 5.82 Å². The van der Waals surface area contributed by atoms with Gasteiger partial charge in [0.15, 0.2) is 0 Å². The molecule has 0 saturated carbocycles. The Balaban J connectivity index is 2.65. The normalized spacial score (nSPS) is 14.6. The van der Waals surface area contributed by atoms with Crippen LogP contribution in [0.2, 0.25) is 0 Å². The maximum atomic E-state index is 12.9. The van der Waals surface area contributed by atoms with Crippen LogP contribution in [0.15, 0.2) is 24.3 Å². The molecule has 3 nitrogen and oxygen atoms in total. The first-order valence-corrected chi connectivity index (χ1v) is 6.66. The number of hydrogen-bond donors (Lipinski definition) is 1. The molecule has 0 heterocycles. The third-order valence-electron chi connectivity index (χ3n) is 3.70. The van der Waals surface area contributed by atoms with Gasteiger partial charge in [-0.15, -0.1) is 0 Å². The van der Waals surface area contributed by atoms with E-state index in [2.05, 4.69) is 18.9 Å². The second-order valence-corrected chi connectivity index (χ2v) is 5.27. The summed E-state index contributed by atoms with van der Waals surface area (Å²) in [5, 5.41) is 0. The van der Waals surface area contributed by atoms with Crippen LogP contribution < -0.4 is 5.73 Å². The minimum Gasteiger partial charge on any atom is -0.385 e. The molecule has 0 amide bonds. The molecule has 0 saturated heterocycles. The zero-order valence-electron chi connectivity index (χ0n) is 12.2. The second kappa shape index (κ2) is 7.58. The Labute approximate surface area is 115 Å². The molecule has 19 heavy (non-hydrogen) atoms. The largest absolute Gasteiger partial charge is 0.385 e. The molecule has 108 valence electrons. The van der Waals surface area contributed by atoms with E-state index in [1.165, 1.54) is 12.1 Å². The molecule has 0 fully saturated rings. The van der Waals surface area contributed by atoms with E-state index in [1.807, 2.05) is 12.1 Å². The Bertz CT molecular complexity index is 369. The number of likely N-dealkylation sites (N-methyl/N-ethyl adjacent to an activating group) is 1. The lowest BCUT2D eigenvalue weighted by Crippen LogP contribution is -2.51. The van der Waals surface area contributed by atoms with Gasteiger partial charge in [0.05, 0.1) is 0 Å². The van der Waals surface area contributed by atoms with E-state index in [9.17, 15) is 4.39 Å². The molecule has 0 aliphatic rings. The van der Waals surface area contributed by atoms with Crippen LogP contribution in [0.3, 0.4) is 0 Å². The molecule has 0 bridgehead atoms. The van der Waals surface area contributed by atoms with Crippen LogP contribution in [0.25, 0.3) is 0 Å². The molecule has 1 aromatic carbocycles. The summed E-state index contributed by atoms with van der Waals surface area (Å²) in [4.78, 5) is 2.26. The average molecular weight is 268 g/mol. The summed E-state index contributed by atoms with van der Waals surface area (Å²) >= 11 is 0. The number of nitrogens with two attached hydrogens (primary N) is 1. The van der Waals surface area contributed by atoms with Crippen molar-refractivity contribution < 1.29 is 9.13 Å². The van der Waals surface area contributed by atoms with Crippen LogP contribution in [0.5, 0.6) is 0 Å². The Hall–Kier alpha value is -0.970. The lowest BCUT2D eigenvalue weighted by Gasteiger charge is -2.38. The highest BCUT2D eigenvalue weighted by Crippen LogP contribution is 2.19. The summed E-state index contributed by atoms with van der Waals surface area (Å²) in [7, 11) is 3.78. The van der Waals surface area contributed by atoms with E-state index >= 15 is 0 Å². The lowest BCUT2D eigenvalue weighted by atomic mass is 9.91. The molecule has 1 unspecified atom stereocenters. The highest BCUT2D eigenvalue weighted by Gasteiger charge is 2.27. The van der Waals surface area contributed by atoms with Gasteiger partial charge in [-0.1, -0.05) is 12.1 Å². The van der Waals surface area contributed by atoms with Crippen molar-refractivity contribution in [3.05, 3.63) is 35.6 Å². The third kappa shape index (κ3) is 4.90. The van der Waals surface area contributed by atoms with Crippen LogP contribution in [-0.2, 0) is 11.2 Å². The number of hydrogen-bond acceptors (Lipinski definition) is 3. The standard InChI is InChI=1S/C15H25FN2O/c1-15(12-17,18(2)9-4-10-19-3)11-13-5-7-14(16)8-6-13/h5-8H,4,9-12,17H2,1-3H3. The van der Waals surface area contributed by atoms with Crippen molar-refractivity contribution in [2.75, 3.05) is 33.9 Å². The predicted molar refractivity (Wildman–Crippen MR) is 76.7 cm³/mol. The minimum absolute atomic E-state index is 0.119. The Morgan fingerprint density at radius 1 is 1.32 bits per heavy atom. The second-order valence-electron chi connectivity index (χ2n) is 5.27. The molecule has 2 N–H and O–H groups in total. The van der Waals surface area contributed by atoms with Crippen molar-refractivity contribution in [3.63, 3.8) is 0 Å². The highest BCUT2D eigenvalue weighted by molar-refractivity contribution is 5.19. The van der Waals surface area contributed by atoms with Crippen LogP contribution in [0.4, 0.5) is 4.39 Å². The molecular weight excluding hydrogens is 243 g/mol. The number of ether oxygens (including phenoxy) is 1. The van der Waals surface area contributed by atoms with E-state index in [0.717, 1.165) is 31.6 Å². The SMILES string of the molecule is COCCCN(C)C(C)(CN)Cc1ccc(F)cc1. The summed E-state index contributed by atoms with van der Waals surface area (Å²) in [5.41, 5.74) is 6.93. The highest BCUT2D eigenvalue weighted by atomic mass is 19.1. The molecule has 0 spiro atoms. The van der Waals surface area contributed by atoms with Crippen molar-refractivity contribution in [3.8, 4) is 0 Å². The first kappa shape index (κ1) is 16.1. The van der Waals surface area contributed by atoms with Gasteiger partial charge in [-0.2, -0.15) is 0 Å². The maximum absolute atomic E-state index is 12.9. The van der Waals surface area contributed by atoms with E-state index in [4.69, 9.17) is 10.5 Å². The van der Waals surface area contributed by atoms with Gasteiger partial charge in [-0.25, -0.2) is 4.39 Å². The van der Waals surface area contributed by atoms with E-state index in [1.54, 1.807) is 7.11 Å². The number of halogens is 1. The number of nitrogens with zero attached hydrogens (tertiary/aromatic N) is 1. The van der Waals surface area contributed by atoms with Crippen molar-refractivity contribution in [2.45, 2.75) is 25.3 Å². The van der Waals surface area contributed by atoms with Gasteiger partial charge in [0, 0.05) is 32.3 Å². The molecule has 4 heteroatoms. The monoisotopic (exact) mass is 268 g/mol. The fraction of sp³-hybridized carbons (Fsp3) is 0.600. The molecular formula is C15H25FN2O. The van der Waals surface area contributed by atoms with Crippen LogP contribution >= 0.6 is 0 Å². The van der Waals surface area contributed by atoms with E-state index in [-0.39, 0.29) is 11.4 Å². The average Bonchev–Trinajstić information content (AvgIpc) is 2.41. The zero-order chi connectivity index (χ0) is 14.3. The summed E-state index contributed by atoms with van der Waals surface area (Å²) in [6.07, 6.45) is 1.79. The smallest absolute Gasteiger partial charge is 0.123 e. The first-order valence-electron chi connectivity index (χ1n) is 6.66. The van der Waals surface area contributed by atoms with Crippen molar-refractivity contribution >= 4 is 0 Å². The zero-order valence-corrected chi connectivity index (χ0v) is 12.2. The molecule has 1 aromatic rings. The molecule has 0 aliphatic heterocycles. The first-order chi connectivity index (χ1) is 9.01. The summed E-state index contributed by atoms with van der Waals surface area (Å²) in [6.45, 7) is 4.39. The Morgan fingerprint density at radius 2 is 1.95 bits per heavy atom. The van der Waals surface area contributed by atoms with Crippen molar-refractivity contribution in [1.82, 2.24) is 4.90 Å². The molecule has 1 rings (SSSR count). The molecule has 0 aliphatic carbocycles. The minimum atomic E-state index is -0.202. The van der Waals surface area contributed by atoms with Crippen molar-refractivity contribution in [2.24, 2.45) is 5.73 Å². The maximum Gasteiger partial charge on any atom is 0.123 e. The Kier molecular flexibility index (Phi) is 6.42. The van der Waals surface area contributed by atoms with Gasteiger partial charge in [-0.3, -0.25) is 4.90 Å². The van der Waals surface area contributed by atoms with Crippen LogP contribution in [-0.4, -0.2) is 44.3 Å². The van der Waals surface area contributed by atoms with Gasteiger partial charge in [0.25, 0.3) is 0 Å². The van der Waals surface area contributed by atoms with Crippen LogP contribution in [0.1, 0.15) is 18.9 Å². The van der Waals surface area contributed by atoms with Crippen LogP contribution in [0, 0.1) is 5.82 Å². The van der Waals surface area contributed by atoms with Gasteiger partial charge in [-0.05, 0) is 44.5 Å². The lowest BCUT2D eigenvalue weighted by molar-refractivity contribution is 0.120. The fourth-order valence-corrected chi connectivity index (χ4v) is 2.12. The summed E-state index contributed by atoms with van der Waals surface area (Å²) < 4.78 is 18.0. The third-order valence-corrected chi connectivity index (χ3v) is 3.70. The number of rotatable bonds is 8. The molecule has 1 atom stereocenters. The fourth-order valence-electron chi connectivity index (χ4n) is 2.12. The number of methoxy groups -OCH3 is 1. The quantitative estimate of drug-likeness (QED) is 0.733. The van der Waals surface area contributed by atoms with Gasteiger partial charge in [0.2, 0.25) is 0 Å². The van der Waals surface area contributed by atoms with Gasteiger partial charge < -0.3 is 10.5 Å². The number of benzene rings is 1. The van der Waals surface area contributed by atoms with E-state index < -0.39 is 0 Å². The van der Waals surface area contributed by atoms with Crippen molar-refractivity contribution in [1.29, 1.82) is 0 Å². The Morgan fingerprint density at radius 3 is 2.47 bits per heavy atom. The topological polar surface area (TPSA) is 38.5 Å². The van der Waals surface area contributed by atoms with Gasteiger partial charge >= 0.3 is 0 Å². The molecule has 0 radical (unpaired) electrons. The predicted octanol–water partition coefficient (Wildman–Crippen LogP) is 2.05. The summed E-state index contributed by atoms with van der Waals surface area (Å²) in [5.74, 6) is -0.202. The summed E-state index contributed by atoms with van der Waals surface area (Å²) in [6, 6.07) is 6.65.